The molecule has 41 heavy (non-hydrogen) atoms. The summed E-state index contributed by atoms with van der Waals surface area (Å²) < 4.78 is 0. The average Bonchev–Trinajstić information content (AvgIpc) is 2.93. The van der Waals surface area contributed by atoms with Crippen LogP contribution in [0.1, 0.15) is 50.9 Å². The molecule has 0 bridgehead atoms. The molecule has 0 saturated heterocycles. The van der Waals surface area contributed by atoms with E-state index in [4.69, 9.17) is 0 Å². The Morgan fingerprint density at radius 2 is 0.732 bits per heavy atom. The van der Waals surface area contributed by atoms with Crippen molar-refractivity contribution in [3.05, 3.63) is 142 Å². The van der Waals surface area contributed by atoms with E-state index in [2.05, 4.69) is 139 Å². The molecule has 0 aliphatic heterocycles. The minimum absolute atomic E-state index is 1.07. The molecule has 0 aliphatic rings. The summed E-state index contributed by atoms with van der Waals surface area (Å²) in [6, 6.07) is 36.7. The van der Waals surface area contributed by atoms with Gasteiger partial charge >= 0.3 is 0 Å². The molecule has 6 aromatic carbocycles. The second-order valence-corrected chi connectivity index (χ2v) is 12.0. The Hall–Kier alpha value is -4.16. The van der Waals surface area contributed by atoms with Gasteiger partial charge in [-0.05, 0) is 138 Å². The number of fused-ring (bicyclic) bond motifs is 2. The van der Waals surface area contributed by atoms with Gasteiger partial charge in [0, 0.05) is 0 Å². The summed E-state index contributed by atoms with van der Waals surface area (Å²) in [7, 11) is 0. The molecule has 0 nitrogen and oxygen atoms in total. The van der Waals surface area contributed by atoms with Crippen molar-refractivity contribution in [1.29, 1.82) is 0 Å². The maximum absolute atomic E-state index is 2.38. The zero-order chi connectivity index (χ0) is 28.7. The molecule has 0 atom stereocenters. The van der Waals surface area contributed by atoms with E-state index in [0.29, 0.717) is 0 Å². The van der Waals surface area contributed by atoms with Gasteiger partial charge in [0.2, 0.25) is 0 Å². The van der Waals surface area contributed by atoms with Crippen molar-refractivity contribution in [2.75, 3.05) is 0 Å². The Balaban J connectivity index is 1.31. The third kappa shape index (κ3) is 5.08. The molecule has 6 aromatic rings. The lowest BCUT2D eigenvalue weighted by atomic mass is 9.87. The minimum Gasteiger partial charge on any atom is -0.0616 e. The van der Waals surface area contributed by atoms with E-state index in [-0.39, 0.29) is 0 Å². The zero-order valence-electron chi connectivity index (χ0n) is 25.4. The fourth-order valence-electron chi connectivity index (χ4n) is 7.27. The second-order valence-electron chi connectivity index (χ2n) is 12.0. The summed E-state index contributed by atoms with van der Waals surface area (Å²) in [4.78, 5) is 0. The maximum Gasteiger partial charge on any atom is -0.00999 e. The van der Waals surface area contributed by atoms with Crippen LogP contribution in [0.15, 0.2) is 97.1 Å². The molecule has 0 amide bonds. The summed E-state index contributed by atoms with van der Waals surface area (Å²) in [5.41, 5.74) is 16.4. The summed E-state index contributed by atoms with van der Waals surface area (Å²) in [6.45, 7) is 13.4. The third-order valence-corrected chi connectivity index (χ3v) is 8.81. The van der Waals surface area contributed by atoms with Gasteiger partial charge in [-0.1, -0.05) is 108 Å². The highest BCUT2D eigenvalue weighted by molar-refractivity contribution is 6.01. The molecular formula is C41H40. The molecule has 0 unspecified atom stereocenters. The summed E-state index contributed by atoms with van der Waals surface area (Å²) in [5, 5.41) is 5.49. The van der Waals surface area contributed by atoms with E-state index < -0.39 is 0 Å². The topological polar surface area (TPSA) is 0 Å². The predicted molar refractivity (Wildman–Crippen MR) is 179 cm³/mol. The van der Waals surface area contributed by atoms with Gasteiger partial charge in [-0.2, -0.15) is 0 Å². The van der Waals surface area contributed by atoms with Crippen LogP contribution in [0.3, 0.4) is 0 Å². The van der Waals surface area contributed by atoms with Crippen molar-refractivity contribution in [2.45, 2.75) is 60.8 Å². The summed E-state index contributed by atoms with van der Waals surface area (Å²) in [5.74, 6) is 0. The monoisotopic (exact) mass is 532 g/mol. The van der Waals surface area contributed by atoms with Gasteiger partial charge in [0.05, 0.1) is 0 Å². The molecule has 0 heteroatoms. The quantitative estimate of drug-likeness (QED) is 0.200. The number of hydrogen-bond donors (Lipinski definition) is 0. The first kappa shape index (κ1) is 27.0. The Morgan fingerprint density at radius 3 is 1.10 bits per heavy atom. The number of benzene rings is 6. The van der Waals surface area contributed by atoms with E-state index in [9.17, 15) is 0 Å². The van der Waals surface area contributed by atoms with Gasteiger partial charge in [-0.3, -0.25) is 0 Å². The SMILES string of the molecule is Cc1cc(C)c(-c2ccc(CCCc3ccc(-c4c(C)cc(C)cc4C)c4ccccc34)c3ccccc23)c(C)c1. The molecule has 6 rings (SSSR count). The van der Waals surface area contributed by atoms with Crippen LogP contribution in [-0.4, -0.2) is 0 Å². The standard InChI is InChI=1S/C41H40/c1-26-22-28(3)40(29(4)23-26)38-20-18-32(34-14-7-9-16-36(34)38)12-11-13-33-19-21-39(37-17-10-8-15-35(33)37)41-30(5)24-27(2)25-31(41)6/h7-10,14-25H,11-13H2,1-6H3. The average molecular weight is 533 g/mol. The molecule has 0 aromatic heterocycles. The first-order valence-electron chi connectivity index (χ1n) is 15.0. The van der Waals surface area contributed by atoms with Crippen molar-refractivity contribution < 1.29 is 0 Å². The highest BCUT2D eigenvalue weighted by atomic mass is 14.2. The van der Waals surface area contributed by atoms with Gasteiger partial charge in [-0.25, -0.2) is 0 Å². The molecule has 0 radical (unpaired) electrons. The van der Waals surface area contributed by atoms with E-state index in [1.165, 1.54) is 88.3 Å². The second kappa shape index (κ2) is 11.0. The highest BCUT2D eigenvalue weighted by Gasteiger charge is 2.14. The Kier molecular flexibility index (Phi) is 7.26. The van der Waals surface area contributed by atoms with Crippen LogP contribution in [-0.2, 0) is 12.8 Å². The fraction of sp³-hybridized carbons (Fsp3) is 0.220. The van der Waals surface area contributed by atoms with E-state index in [1.54, 1.807) is 0 Å². The van der Waals surface area contributed by atoms with Crippen molar-refractivity contribution in [3.8, 4) is 22.3 Å². The highest BCUT2D eigenvalue weighted by Crippen LogP contribution is 2.37. The summed E-state index contributed by atoms with van der Waals surface area (Å²) in [6.07, 6.45) is 3.26. The number of aryl methyl sites for hydroxylation is 8. The molecule has 0 N–H and O–H groups in total. The Bertz CT molecular complexity index is 1730. The lowest BCUT2D eigenvalue weighted by Gasteiger charge is -2.17. The van der Waals surface area contributed by atoms with Crippen LogP contribution >= 0.6 is 0 Å². The molecule has 0 fully saturated rings. The third-order valence-electron chi connectivity index (χ3n) is 8.81. The summed E-state index contributed by atoms with van der Waals surface area (Å²) >= 11 is 0. The van der Waals surface area contributed by atoms with Crippen LogP contribution in [0.4, 0.5) is 0 Å². The first-order valence-corrected chi connectivity index (χ1v) is 15.0. The predicted octanol–water partition coefficient (Wildman–Crippen LogP) is 11.4. The van der Waals surface area contributed by atoms with Crippen molar-refractivity contribution >= 4 is 21.5 Å². The van der Waals surface area contributed by atoms with Crippen LogP contribution in [0.2, 0.25) is 0 Å². The lowest BCUT2D eigenvalue weighted by molar-refractivity contribution is 0.830. The van der Waals surface area contributed by atoms with Crippen LogP contribution in [0, 0.1) is 41.5 Å². The van der Waals surface area contributed by atoms with Gasteiger partial charge in [-0.15, -0.1) is 0 Å². The van der Waals surface area contributed by atoms with Crippen molar-refractivity contribution in [3.63, 3.8) is 0 Å². The molecule has 0 spiro atoms. The molecular weight excluding hydrogens is 492 g/mol. The van der Waals surface area contributed by atoms with Crippen molar-refractivity contribution in [2.24, 2.45) is 0 Å². The van der Waals surface area contributed by atoms with Gasteiger partial charge < -0.3 is 0 Å². The normalized spacial score (nSPS) is 11.5. The largest absolute Gasteiger partial charge is 0.0616 e. The smallest absolute Gasteiger partial charge is 0.00999 e. The zero-order valence-corrected chi connectivity index (χ0v) is 25.4. The number of hydrogen-bond acceptors (Lipinski definition) is 0. The van der Waals surface area contributed by atoms with E-state index in [0.717, 1.165) is 19.3 Å². The van der Waals surface area contributed by atoms with Crippen LogP contribution < -0.4 is 0 Å². The van der Waals surface area contributed by atoms with E-state index in [1.807, 2.05) is 0 Å². The molecule has 0 aliphatic carbocycles. The van der Waals surface area contributed by atoms with Crippen molar-refractivity contribution in [1.82, 2.24) is 0 Å². The molecule has 0 saturated carbocycles. The van der Waals surface area contributed by atoms with E-state index >= 15 is 0 Å². The fourth-order valence-corrected chi connectivity index (χ4v) is 7.27. The minimum atomic E-state index is 1.07. The lowest BCUT2D eigenvalue weighted by Crippen LogP contribution is -1.97. The van der Waals surface area contributed by atoms with Gasteiger partial charge in [0.15, 0.2) is 0 Å². The van der Waals surface area contributed by atoms with Crippen LogP contribution in [0.5, 0.6) is 0 Å². The van der Waals surface area contributed by atoms with Gasteiger partial charge in [0.1, 0.15) is 0 Å². The molecule has 0 heterocycles. The maximum atomic E-state index is 2.38. The number of rotatable bonds is 6. The first-order chi connectivity index (χ1) is 19.8. The molecule has 204 valence electrons. The Morgan fingerprint density at radius 1 is 0.390 bits per heavy atom. The Labute approximate surface area is 245 Å². The van der Waals surface area contributed by atoms with Crippen LogP contribution in [0.25, 0.3) is 43.8 Å². The van der Waals surface area contributed by atoms with Gasteiger partial charge in [0.25, 0.3) is 0 Å².